The monoisotopic (exact) mass is 302 g/mol. The average Bonchev–Trinajstić information content (AvgIpc) is 2.92. The van der Waals surface area contributed by atoms with E-state index >= 15 is 0 Å². The Morgan fingerprint density at radius 1 is 1.23 bits per heavy atom. The highest BCUT2D eigenvalue weighted by atomic mass is 16.5. The van der Waals surface area contributed by atoms with Crippen molar-refractivity contribution in [2.75, 3.05) is 13.2 Å². The summed E-state index contributed by atoms with van der Waals surface area (Å²) in [5.74, 6) is -0.592. The molecule has 116 valence electrons. The fourth-order valence-electron chi connectivity index (χ4n) is 2.00. The molecule has 1 aromatic carbocycles. The van der Waals surface area contributed by atoms with Gasteiger partial charge in [-0.15, -0.1) is 0 Å². The highest BCUT2D eigenvalue weighted by Crippen LogP contribution is 2.12. The largest absolute Gasteiger partial charge is 0.482 e. The second-order valence-corrected chi connectivity index (χ2v) is 4.88. The Labute approximate surface area is 128 Å². The van der Waals surface area contributed by atoms with E-state index in [1.807, 2.05) is 19.1 Å². The molecule has 0 radical (unpaired) electrons. The zero-order valence-electron chi connectivity index (χ0n) is 12.3. The van der Waals surface area contributed by atoms with Crippen molar-refractivity contribution >= 4 is 11.9 Å². The number of aliphatic carboxylic acids is 1. The molecule has 0 aliphatic rings. The fraction of sp³-hybridized carbons (Fsp3) is 0.250. The van der Waals surface area contributed by atoms with Gasteiger partial charge in [0.25, 0.3) is 5.91 Å². The van der Waals surface area contributed by atoms with Gasteiger partial charge in [0.1, 0.15) is 5.75 Å². The molecule has 0 spiro atoms. The zero-order chi connectivity index (χ0) is 15.9. The van der Waals surface area contributed by atoms with Crippen molar-refractivity contribution in [2.24, 2.45) is 0 Å². The molecule has 1 heterocycles. The van der Waals surface area contributed by atoms with Gasteiger partial charge < -0.3 is 20.1 Å². The van der Waals surface area contributed by atoms with Crippen LogP contribution in [0.3, 0.4) is 0 Å². The van der Waals surface area contributed by atoms with Crippen molar-refractivity contribution in [1.82, 2.24) is 10.3 Å². The van der Waals surface area contributed by atoms with E-state index in [1.165, 1.54) is 0 Å². The highest BCUT2D eigenvalue weighted by molar-refractivity contribution is 5.95. The highest BCUT2D eigenvalue weighted by Gasteiger charge is 2.08. The Morgan fingerprint density at radius 2 is 1.95 bits per heavy atom. The molecule has 2 aromatic rings. The lowest BCUT2D eigenvalue weighted by Gasteiger charge is -2.07. The molecule has 2 rings (SSSR count). The number of rotatable bonds is 7. The van der Waals surface area contributed by atoms with Crippen LogP contribution in [0, 0.1) is 6.92 Å². The second-order valence-electron chi connectivity index (χ2n) is 4.88. The third kappa shape index (κ3) is 4.37. The Morgan fingerprint density at radius 3 is 2.55 bits per heavy atom. The van der Waals surface area contributed by atoms with E-state index < -0.39 is 5.97 Å². The molecule has 6 heteroatoms. The van der Waals surface area contributed by atoms with Gasteiger partial charge in [0.05, 0.1) is 5.56 Å². The van der Waals surface area contributed by atoms with Gasteiger partial charge in [-0.1, -0.05) is 12.1 Å². The van der Waals surface area contributed by atoms with Crippen molar-refractivity contribution in [3.63, 3.8) is 0 Å². The van der Waals surface area contributed by atoms with Crippen LogP contribution in [0.2, 0.25) is 0 Å². The minimum absolute atomic E-state index is 0.0971. The van der Waals surface area contributed by atoms with E-state index in [-0.39, 0.29) is 12.5 Å². The first-order valence-corrected chi connectivity index (χ1v) is 6.91. The number of amides is 1. The molecule has 0 atom stereocenters. The van der Waals surface area contributed by atoms with Gasteiger partial charge in [-0.2, -0.15) is 0 Å². The molecule has 0 saturated carbocycles. The van der Waals surface area contributed by atoms with E-state index in [4.69, 9.17) is 9.84 Å². The van der Waals surface area contributed by atoms with Gasteiger partial charge in [0.2, 0.25) is 0 Å². The van der Waals surface area contributed by atoms with Crippen LogP contribution < -0.4 is 10.1 Å². The smallest absolute Gasteiger partial charge is 0.341 e. The number of hydrogen-bond acceptors (Lipinski definition) is 3. The van der Waals surface area contributed by atoms with E-state index in [2.05, 4.69) is 10.3 Å². The molecular weight excluding hydrogens is 284 g/mol. The molecule has 22 heavy (non-hydrogen) atoms. The van der Waals surface area contributed by atoms with Crippen LogP contribution in [-0.2, 0) is 11.2 Å². The van der Waals surface area contributed by atoms with Gasteiger partial charge >= 0.3 is 5.97 Å². The number of aromatic amines is 1. The van der Waals surface area contributed by atoms with Gasteiger partial charge in [0, 0.05) is 18.9 Å². The first kappa shape index (κ1) is 15.6. The predicted molar refractivity (Wildman–Crippen MR) is 81.1 cm³/mol. The maximum Gasteiger partial charge on any atom is 0.341 e. The summed E-state index contributed by atoms with van der Waals surface area (Å²) in [5.41, 5.74) is 2.60. The van der Waals surface area contributed by atoms with Crippen LogP contribution in [-0.4, -0.2) is 35.1 Å². The number of H-pyrrole nitrogens is 1. The van der Waals surface area contributed by atoms with Crippen molar-refractivity contribution in [3.8, 4) is 5.75 Å². The molecule has 3 N–H and O–H groups in total. The number of aryl methyl sites for hydroxylation is 1. The lowest BCUT2D eigenvalue weighted by molar-refractivity contribution is -0.139. The van der Waals surface area contributed by atoms with Crippen molar-refractivity contribution in [1.29, 1.82) is 0 Å². The van der Waals surface area contributed by atoms with E-state index in [9.17, 15) is 9.59 Å². The Kier molecular flexibility index (Phi) is 5.19. The molecule has 1 aromatic heterocycles. The van der Waals surface area contributed by atoms with Crippen molar-refractivity contribution < 1.29 is 19.4 Å². The van der Waals surface area contributed by atoms with E-state index in [1.54, 1.807) is 24.5 Å². The summed E-state index contributed by atoms with van der Waals surface area (Å²) < 4.78 is 5.05. The number of carbonyl (C=O) groups excluding carboxylic acids is 1. The van der Waals surface area contributed by atoms with Gasteiger partial charge in [-0.05, 0) is 36.6 Å². The normalized spacial score (nSPS) is 10.2. The van der Waals surface area contributed by atoms with Crippen LogP contribution in [0.1, 0.15) is 21.5 Å². The molecule has 6 nitrogen and oxygen atoms in total. The quantitative estimate of drug-likeness (QED) is 0.726. The molecule has 0 unspecified atom stereocenters. The molecule has 0 aliphatic heterocycles. The molecular formula is C16H18N2O4. The SMILES string of the molecule is Cc1c[nH]cc1C(=O)NCCc1ccc(OCC(=O)O)cc1. The number of carbonyl (C=O) groups is 2. The Balaban J connectivity index is 1.78. The van der Waals surface area contributed by atoms with E-state index in [0.717, 1.165) is 11.1 Å². The number of hydrogen-bond donors (Lipinski definition) is 3. The van der Waals surface area contributed by atoms with E-state index in [0.29, 0.717) is 24.3 Å². The summed E-state index contributed by atoms with van der Waals surface area (Å²) in [6.07, 6.45) is 4.15. The number of carboxylic acid groups (broad SMARTS) is 1. The fourth-order valence-corrected chi connectivity index (χ4v) is 2.00. The maximum atomic E-state index is 11.9. The Hall–Kier alpha value is -2.76. The average molecular weight is 302 g/mol. The standard InChI is InChI=1S/C16H18N2O4/c1-11-8-17-9-14(11)16(21)18-7-6-12-2-4-13(5-3-12)22-10-15(19)20/h2-5,8-9,17H,6-7,10H2,1H3,(H,18,21)(H,19,20). The third-order valence-corrected chi connectivity index (χ3v) is 3.18. The number of aromatic nitrogens is 1. The van der Waals surface area contributed by atoms with Crippen LogP contribution in [0.15, 0.2) is 36.7 Å². The molecule has 0 aliphatic carbocycles. The van der Waals surface area contributed by atoms with Crippen LogP contribution in [0.4, 0.5) is 0 Å². The Bertz CT molecular complexity index is 646. The first-order chi connectivity index (χ1) is 10.6. The van der Waals surface area contributed by atoms with Gasteiger partial charge in [0.15, 0.2) is 6.61 Å². The summed E-state index contributed by atoms with van der Waals surface area (Å²) >= 11 is 0. The lowest BCUT2D eigenvalue weighted by atomic mass is 10.1. The minimum Gasteiger partial charge on any atom is -0.482 e. The lowest BCUT2D eigenvalue weighted by Crippen LogP contribution is -2.25. The number of ether oxygens (including phenoxy) is 1. The predicted octanol–water partition coefficient (Wildman–Crippen LogP) is 1.76. The summed E-state index contributed by atoms with van der Waals surface area (Å²) in [6, 6.07) is 7.14. The summed E-state index contributed by atoms with van der Waals surface area (Å²) in [6.45, 7) is 2.05. The van der Waals surface area contributed by atoms with Crippen molar-refractivity contribution in [2.45, 2.75) is 13.3 Å². The molecule has 0 bridgehead atoms. The van der Waals surface area contributed by atoms with Crippen LogP contribution in [0.25, 0.3) is 0 Å². The summed E-state index contributed by atoms with van der Waals surface area (Å²) in [7, 11) is 0. The third-order valence-electron chi connectivity index (χ3n) is 3.18. The van der Waals surface area contributed by atoms with Crippen molar-refractivity contribution in [3.05, 3.63) is 53.3 Å². The topological polar surface area (TPSA) is 91.4 Å². The number of carboxylic acids is 1. The molecule has 0 fully saturated rings. The van der Waals surface area contributed by atoms with Crippen LogP contribution in [0.5, 0.6) is 5.75 Å². The molecule has 1 amide bonds. The zero-order valence-corrected chi connectivity index (χ0v) is 12.3. The summed E-state index contributed by atoms with van der Waals surface area (Å²) in [4.78, 5) is 25.2. The molecule has 0 saturated heterocycles. The van der Waals surface area contributed by atoms with Crippen LogP contribution >= 0.6 is 0 Å². The maximum absolute atomic E-state index is 11.9. The van der Waals surface area contributed by atoms with Gasteiger partial charge in [-0.25, -0.2) is 4.79 Å². The number of benzene rings is 1. The van der Waals surface area contributed by atoms with Gasteiger partial charge in [-0.3, -0.25) is 4.79 Å². The first-order valence-electron chi connectivity index (χ1n) is 6.91. The summed E-state index contributed by atoms with van der Waals surface area (Å²) in [5, 5.41) is 11.4. The number of nitrogens with one attached hydrogen (secondary N) is 2. The second kappa shape index (κ2) is 7.31. The minimum atomic E-state index is -1.01.